The molecule has 8 heteroatoms. The van der Waals surface area contributed by atoms with Crippen molar-refractivity contribution >= 4 is 33.3 Å². The standard InChI is InChI=1S/C14H16N4O3S/c1-16-14-17-9(11(15)19)13(22-14)18-12(20)10(21-2)8-6-4-3-5-7-8/h3-7,10H,1-2H3,(H2,15,19)(H,16,17)(H,18,20)/t10-/m1/s1. The minimum Gasteiger partial charge on any atom is -0.367 e. The van der Waals surface area contributed by atoms with E-state index in [2.05, 4.69) is 15.6 Å². The van der Waals surface area contributed by atoms with Crippen LogP contribution in [0.15, 0.2) is 30.3 Å². The fourth-order valence-corrected chi connectivity index (χ4v) is 2.71. The van der Waals surface area contributed by atoms with E-state index in [9.17, 15) is 9.59 Å². The number of aromatic nitrogens is 1. The van der Waals surface area contributed by atoms with Crippen molar-refractivity contribution in [1.82, 2.24) is 4.98 Å². The Morgan fingerprint density at radius 3 is 2.55 bits per heavy atom. The highest BCUT2D eigenvalue weighted by Gasteiger charge is 2.24. The number of methoxy groups -OCH3 is 1. The first-order chi connectivity index (χ1) is 10.6. The first-order valence-corrected chi connectivity index (χ1v) is 7.25. The van der Waals surface area contributed by atoms with Crippen LogP contribution in [0.25, 0.3) is 0 Å². The topological polar surface area (TPSA) is 106 Å². The van der Waals surface area contributed by atoms with Crippen LogP contribution < -0.4 is 16.4 Å². The second-order valence-electron chi connectivity index (χ2n) is 4.33. The Bertz CT molecular complexity index is 672. The zero-order chi connectivity index (χ0) is 16.1. The largest absolute Gasteiger partial charge is 0.367 e. The predicted molar refractivity (Wildman–Crippen MR) is 85.0 cm³/mol. The van der Waals surface area contributed by atoms with E-state index in [-0.39, 0.29) is 5.69 Å². The van der Waals surface area contributed by atoms with Crippen LogP contribution in [-0.4, -0.2) is 31.0 Å². The number of carbonyl (C=O) groups excluding carboxylic acids is 2. The Labute approximate surface area is 131 Å². The quantitative estimate of drug-likeness (QED) is 0.749. The molecule has 1 aromatic heterocycles. The van der Waals surface area contributed by atoms with E-state index in [0.29, 0.717) is 15.7 Å². The molecule has 0 saturated carbocycles. The summed E-state index contributed by atoms with van der Waals surface area (Å²) in [6.45, 7) is 0. The minimum atomic E-state index is -0.790. The molecule has 0 radical (unpaired) electrons. The highest BCUT2D eigenvalue weighted by atomic mass is 32.1. The number of primary amides is 1. The first-order valence-electron chi connectivity index (χ1n) is 6.43. The molecule has 7 nitrogen and oxygen atoms in total. The van der Waals surface area contributed by atoms with Crippen molar-refractivity contribution in [2.24, 2.45) is 5.73 Å². The zero-order valence-corrected chi connectivity index (χ0v) is 12.9. The molecule has 0 saturated heterocycles. The Balaban J connectivity index is 2.24. The third-order valence-corrected chi connectivity index (χ3v) is 3.88. The number of carbonyl (C=O) groups is 2. The van der Waals surface area contributed by atoms with Gasteiger partial charge in [0.2, 0.25) is 0 Å². The van der Waals surface area contributed by atoms with Crippen molar-refractivity contribution in [2.45, 2.75) is 6.10 Å². The van der Waals surface area contributed by atoms with E-state index in [0.717, 1.165) is 11.3 Å². The molecule has 1 aromatic carbocycles. The van der Waals surface area contributed by atoms with Gasteiger partial charge in [-0.15, -0.1) is 0 Å². The lowest BCUT2D eigenvalue weighted by Gasteiger charge is -2.15. The SMILES string of the molecule is CNc1nc(C(N)=O)c(NC(=O)[C@H](OC)c2ccccc2)s1. The van der Waals surface area contributed by atoms with Crippen molar-refractivity contribution < 1.29 is 14.3 Å². The molecular formula is C14H16N4O3S. The Hall–Kier alpha value is -2.45. The normalized spacial score (nSPS) is 11.7. The molecule has 0 aliphatic heterocycles. The van der Waals surface area contributed by atoms with E-state index < -0.39 is 17.9 Å². The lowest BCUT2D eigenvalue weighted by atomic mass is 10.1. The summed E-state index contributed by atoms with van der Waals surface area (Å²) >= 11 is 1.13. The fraction of sp³-hybridized carbons (Fsp3) is 0.214. The Kier molecular flexibility index (Phi) is 5.08. The van der Waals surface area contributed by atoms with Gasteiger partial charge < -0.3 is 21.1 Å². The molecule has 2 rings (SSSR count). The van der Waals surface area contributed by atoms with Crippen LogP contribution in [0.2, 0.25) is 0 Å². The van der Waals surface area contributed by atoms with Gasteiger partial charge in [0.15, 0.2) is 16.9 Å². The molecule has 0 aliphatic carbocycles. The molecule has 0 bridgehead atoms. The average molecular weight is 320 g/mol. The summed E-state index contributed by atoms with van der Waals surface area (Å²) in [5, 5.41) is 6.23. The summed E-state index contributed by atoms with van der Waals surface area (Å²) < 4.78 is 5.24. The number of nitrogens with one attached hydrogen (secondary N) is 2. The maximum absolute atomic E-state index is 12.4. The smallest absolute Gasteiger partial charge is 0.270 e. The van der Waals surface area contributed by atoms with Gasteiger partial charge in [0.05, 0.1) is 0 Å². The van der Waals surface area contributed by atoms with Gasteiger partial charge in [0.1, 0.15) is 5.00 Å². The third kappa shape index (κ3) is 3.41. The summed E-state index contributed by atoms with van der Waals surface area (Å²) in [7, 11) is 3.11. The number of nitrogens with zero attached hydrogens (tertiary/aromatic N) is 1. The van der Waals surface area contributed by atoms with Gasteiger partial charge in [-0.05, 0) is 5.56 Å². The molecule has 1 atom stereocenters. The van der Waals surface area contributed by atoms with Crippen molar-refractivity contribution in [3.8, 4) is 0 Å². The lowest BCUT2D eigenvalue weighted by Crippen LogP contribution is -2.24. The van der Waals surface area contributed by atoms with Gasteiger partial charge in [-0.2, -0.15) is 0 Å². The molecular weight excluding hydrogens is 304 g/mol. The summed E-state index contributed by atoms with van der Waals surface area (Å²) in [6.07, 6.45) is -0.790. The van der Waals surface area contributed by atoms with Gasteiger partial charge >= 0.3 is 0 Å². The number of hydrogen-bond donors (Lipinski definition) is 3. The lowest BCUT2D eigenvalue weighted by molar-refractivity contribution is -0.126. The molecule has 116 valence electrons. The van der Waals surface area contributed by atoms with E-state index >= 15 is 0 Å². The van der Waals surface area contributed by atoms with Gasteiger partial charge in [-0.25, -0.2) is 4.98 Å². The average Bonchev–Trinajstić information content (AvgIpc) is 2.92. The van der Waals surface area contributed by atoms with Crippen LogP contribution in [-0.2, 0) is 9.53 Å². The van der Waals surface area contributed by atoms with Gasteiger partial charge in [-0.1, -0.05) is 41.7 Å². The highest BCUT2D eigenvalue weighted by molar-refractivity contribution is 7.20. The monoisotopic (exact) mass is 320 g/mol. The van der Waals surface area contributed by atoms with Crippen molar-refractivity contribution in [2.75, 3.05) is 24.8 Å². The van der Waals surface area contributed by atoms with Crippen LogP contribution in [0.4, 0.5) is 10.1 Å². The zero-order valence-electron chi connectivity index (χ0n) is 12.1. The molecule has 0 fully saturated rings. The second kappa shape index (κ2) is 7.01. The second-order valence-corrected chi connectivity index (χ2v) is 5.33. The van der Waals surface area contributed by atoms with Gasteiger partial charge in [0.25, 0.3) is 11.8 Å². The van der Waals surface area contributed by atoms with Crippen LogP contribution in [0.1, 0.15) is 22.2 Å². The number of thiazole rings is 1. The first kappa shape index (κ1) is 15.9. The van der Waals surface area contributed by atoms with Crippen molar-refractivity contribution in [1.29, 1.82) is 0 Å². The van der Waals surface area contributed by atoms with E-state index in [1.165, 1.54) is 7.11 Å². The number of benzene rings is 1. The van der Waals surface area contributed by atoms with E-state index in [1.54, 1.807) is 19.2 Å². The van der Waals surface area contributed by atoms with Gasteiger partial charge in [-0.3, -0.25) is 9.59 Å². The summed E-state index contributed by atoms with van der Waals surface area (Å²) in [6, 6.07) is 9.05. The molecule has 2 amide bonds. The van der Waals surface area contributed by atoms with E-state index in [4.69, 9.17) is 10.5 Å². The van der Waals surface area contributed by atoms with Gasteiger partial charge in [0, 0.05) is 14.2 Å². The molecule has 4 N–H and O–H groups in total. The summed E-state index contributed by atoms with van der Waals surface area (Å²) in [5.41, 5.74) is 6.00. The number of nitrogens with two attached hydrogens (primary N) is 1. The van der Waals surface area contributed by atoms with Crippen LogP contribution in [0.3, 0.4) is 0 Å². The van der Waals surface area contributed by atoms with E-state index in [1.807, 2.05) is 18.2 Å². The summed E-state index contributed by atoms with van der Waals surface area (Å²) in [4.78, 5) is 27.8. The maximum atomic E-state index is 12.4. The highest BCUT2D eigenvalue weighted by Crippen LogP contribution is 2.29. The fourth-order valence-electron chi connectivity index (χ4n) is 1.88. The maximum Gasteiger partial charge on any atom is 0.270 e. The van der Waals surface area contributed by atoms with Crippen LogP contribution in [0, 0.1) is 0 Å². The summed E-state index contributed by atoms with van der Waals surface area (Å²) in [5.74, 6) is -1.11. The van der Waals surface area contributed by atoms with Crippen LogP contribution >= 0.6 is 11.3 Å². The predicted octanol–water partition coefficient (Wildman–Crippen LogP) is 1.61. The molecule has 0 aliphatic rings. The van der Waals surface area contributed by atoms with Crippen molar-refractivity contribution in [3.05, 3.63) is 41.6 Å². The minimum absolute atomic E-state index is 0.0191. The number of ether oxygens (including phenoxy) is 1. The number of hydrogen-bond acceptors (Lipinski definition) is 6. The molecule has 2 aromatic rings. The van der Waals surface area contributed by atoms with Crippen molar-refractivity contribution in [3.63, 3.8) is 0 Å². The molecule has 22 heavy (non-hydrogen) atoms. The molecule has 0 spiro atoms. The van der Waals surface area contributed by atoms with Crippen LogP contribution in [0.5, 0.6) is 0 Å². The number of amides is 2. The number of rotatable bonds is 6. The molecule has 1 heterocycles. The molecule has 0 unspecified atom stereocenters. The Morgan fingerprint density at radius 1 is 1.32 bits per heavy atom. The Morgan fingerprint density at radius 2 is 2.00 bits per heavy atom. The number of anilines is 2. The third-order valence-electron chi connectivity index (χ3n) is 2.89.